The number of aryl methyl sites for hydroxylation is 1. The molecule has 1 aliphatic carbocycles. The molecular weight excluding hydrogens is 224 g/mol. The van der Waals surface area contributed by atoms with Gasteiger partial charge in [-0.05, 0) is 25.7 Å². The Balaban J connectivity index is 2.09. The van der Waals surface area contributed by atoms with E-state index in [1.54, 1.807) is 6.07 Å². The Morgan fingerprint density at radius 2 is 2.00 bits per heavy atom. The molecule has 3 rings (SSSR count). The van der Waals surface area contributed by atoms with E-state index < -0.39 is 0 Å². The molecule has 1 aliphatic rings. The summed E-state index contributed by atoms with van der Waals surface area (Å²) < 4.78 is 2.02. The van der Waals surface area contributed by atoms with E-state index in [9.17, 15) is 0 Å². The SMILES string of the molecule is Clc1cc(-n2cnc3c2CCCC3)ncn1. The van der Waals surface area contributed by atoms with Gasteiger partial charge in [0.1, 0.15) is 23.6 Å². The summed E-state index contributed by atoms with van der Waals surface area (Å²) in [5.41, 5.74) is 2.46. The van der Waals surface area contributed by atoms with Gasteiger partial charge in [0.25, 0.3) is 0 Å². The first-order valence-electron chi connectivity index (χ1n) is 5.37. The van der Waals surface area contributed by atoms with Crippen LogP contribution in [0.3, 0.4) is 0 Å². The molecule has 2 heterocycles. The molecule has 0 amide bonds. The first kappa shape index (κ1) is 9.78. The molecule has 0 saturated heterocycles. The van der Waals surface area contributed by atoms with Crippen LogP contribution in [0, 0.1) is 0 Å². The molecular formula is C11H11ClN4. The van der Waals surface area contributed by atoms with Crippen molar-refractivity contribution in [3.8, 4) is 5.82 Å². The maximum Gasteiger partial charge on any atom is 0.142 e. The fourth-order valence-corrected chi connectivity index (χ4v) is 2.26. The highest BCUT2D eigenvalue weighted by atomic mass is 35.5. The van der Waals surface area contributed by atoms with Crippen LogP contribution in [0.25, 0.3) is 5.82 Å². The zero-order chi connectivity index (χ0) is 11.0. The van der Waals surface area contributed by atoms with E-state index in [1.807, 2.05) is 10.9 Å². The van der Waals surface area contributed by atoms with Crippen LogP contribution >= 0.6 is 11.6 Å². The standard InChI is InChI=1S/C11H11ClN4/c12-10-5-11(14-6-13-10)16-7-15-8-3-1-2-4-9(8)16/h5-7H,1-4H2. The molecule has 0 radical (unpaired) electrons. The summed E-state index contributed by atoms with van der Waals surface area (Å²) in [6.07, 6.45) is 7.89. The minimum absolute atomic E-state index is 0.461. The highest BCUT2D eigenvalue weighted by molar-refractivity contribution is 6.29. The Labute approximate surface area is 98.3 Å². The predicted octanol–water partition coefficient (Wildman–Crippen LogP) is 2.19. The van der Waals surface area contributed by atoms with Gasteiger partial charge >= 0.3 is 0 Å². The van der Waals surface area contributed by atoms with E-state index in [1.165, 1.54) is 30.6 Å². The van der Waals surface area contributed by atoms with Crippen molar-refractivity contribution in [1.29, 1.82) is 0 Å². The third kappa shape index (κ3) is 1.59. The first-order chi connectivity index (χ1) is 7.84. The molecule has 2 aromatic rings. The Morgan fingerprint density at radius 3 is 2.88 bits per heavy atom. The summed E-state index contributed by atoms with van der Waals surface area (Å²) in [7, 11) is 0. The zero-order valence-electron chi connectivity index (χ0n) is 8.73. The highest BCUT2D eigenvalue weighted by Crippen LogP contribution is 2.22. The van der Waals surface area contributed by atoms with Crippen LogP contribution in [0.2, 0.25) is 5.15 Å². The van der Waals surface area contributed by atoms with Crippen LogP contribution in [0.15, 0.2) is 18.7 Å². The fraction of sp³-hybridized carbons (Fsp3) is 0.364. The minimum Gasteiger partial charge on any atom is -0.287 e. The van der Waals surface area contributed by atoms with Gasteiger partial charge in [-0.25, -0.2) is 15.0 Å². The lowest BCUT2D eigenvalue weighted by molar-refractivity contribution is 0.654. The monoisotopic (exact) mass is 234 g/mol. The summed E-state index contributed by atoms with van der Waals surface area (Å²) in [5.74, 6) is 0.802. The fourth-order valence-electron chi connectivity index (χ4n) is 2.12. The number of rotatable bonds is 1. The number of hydrogen-bond donors (Lipinski definition) is 0. The molecule has 0 spiro atoms. The Kier molecular flexibility index (Phi) is 2.36. The van der Waals surface area contributed by atoms with Crippen LogP contribution in [0.4, 0.5) is 0 Å². The molecule has 0 bridgehead atoms. The maximum absolute atomic E-state index is 5.86. The highest BCUT2D eigenvalue weighted by Gasteiger charge is 2.16. The van der Waals surface area contributed by atoms with Crippen molar-refractivity contribution in [2.45, 2.75) is 25.7 Å². The van der Waals surface area contributed by atoms with Crippen molar-refractivity contribution in [2.24, 2.45) is 0 Å². The molecule has 82 valence electrons. The number of aromatic nitrogens is 4. The smallest absolute Gasteiger partial charge is 0.142 e. The molecule has 0 aromatic carbocycles. The number of hydrogen-bond acceptors (Lipinski definition) is 3. The molecule has 0 fully saturated rings. The summed E-state index contributed by atoms with van der Waals surface area (Å²) in [5, 5.41) is 0.461. The molecule has 0 unspecified atom stereocenters. The van der Waals surface area contributed by atoms with Crippen LogP contribution in [0.1, 0.15) is 24.2 Å². The van der Waals surface area contributed by atoms with Crippen LogP contribution in [-0.4, -0.2) is 19.5 Å². The summed E-state index contributed by atoms with van der Waals surface area (Å²) in [6, 6.07) is 1.76. The van der Waals surface area contributed by atoms with Gasteiger partial charge in [-0.15, -0.1) is 0 Å². The third-order valence-electron chi connectivity index (χ3n) is 2.90. The summed E-state index contributed by atoms with van der Waals surface area (Å²) >= 11 is 5.86. The van der Waals surface area contributed by atoms with Gasteiger partial charge in [0.15, 0.2) is 0 Å². The minimum atomic E-state index is 0.461. The number of fused-ring (bicyclic) bond motifs is 1. The molecule has 0 N–H and O–H groups in total. The van der Waals surface area contributed by atoms with Gasteiger partial charge in [0, 0.05) is 11.8 Å². The van der Waals surface area contributed by atoms with Crippen molar-refractivity contribution in [1.82, 2.24) is 19.5 Å². The summed E-state index contributed by atoms with van der Waals surface area (Å²) in [6.45, 7) is 0. The second-order valence-electron chi connectivity index (χ2n) is 3.91. The van der Waals surface area contributed by atoms with Crippen molar-refractivity contribution in [3.05, 3.63) is 35.3 Å². The van der Waals surface area contributed by atoms with E-state index >= 15 is 0 Å². The summed E-state index contributed by atoms with van der Waals surface area (Å²) in [4.78, 5) is 12.5. The lowest BCUT2D eigenvalue weighted by Gasteiger charge is -2.13. The molecule has 0 aliphatic heterocycles. The van der Waals surface area contributed by atoms with Crippen molar-refractivity contribution in [2.75, 3.05) is 0 Å². The average Bonchev–Trinajstić information content (AvgIpc) is 2.72. The van der Waals surface area contributed by atoms with E-state index in [-0.39, 0.29) is 0 Å². The van der Waals surface area contributed by atoms with Crippen LogP contribution < -0.4 is 0 Å². The van der Waals surface area contributed by atoms with Gasteiger partial charge in [-0.3, -0.25) is 4.57 Å². The lowest BCUT2D eigenvalue weighted by Crippen LogP contribution is -2.07. The molecule has 0 atom stereocenters. The van der Waals surface area contributed by atoms with Gasteiger partial charge in [-0.2, -0.15) is 0 Å². The van der Waals surface area contributed by atoms with Gasteiger partial charge in [-0.1, -0.05) is 11.6 Å². The maximum atomic E-state index is 5.86. The predicted molar refractivity (Wildman–Crippen MR) is 60.8 cm³/mol. The Bertz CT molecular complexity index is 520. The first-order valence-corrected chi connectivity index (χ1v) is 5.75. The van der Waals surface area contributed by atoms with E-state index in [0.717, 1.165) is 18.7 Å². The van der Waals surface area contributed by atoms with Gasteiger partial charge in [0.2, 0.25) is 0 Å². The second kappa shape index (κ2) is 3.87. The van der Waals surface area contributed by atoms with E-state index in [2.05, 4.69) is 15.0 Å². The van der Waals surface area contributed by atoms with Crippen molar-refractivity contribution >= 4 is 11.6 Å². The Hall–Kier alpha value is -1.42. The largest absolute Gasteiger partial charge is 0.287 e. The molecule has 2 aromatic heterocycles. The van der Waals surface area contributed by atoms with Gasteiger partial charge < -0.3 is 0 Å². The second-order valence-corrected chi connectivity index (χ2v) is 4.30. The topological polar surface area (TPSA) is 43.6 Å². The zero-order valence-corrected chi connectivity index (χ0v) is 9.48. The van der Waals surface area contributed by atoms with Gasteiger partial charge in [0.05, 0.1) is 5.69 Å². The average molecular weight is 235 g/mol. The van der Waals surface area contributed by atoms with Crippen molar-refractivity contribution < 1.29 is 0 Å². The van der Waals surface area contributed by atoms with E-state index in [0.29, 0.717) is 5.15 Å². The number of nitrogens with zero attached hydrogens (tertiary/aromatic N) is 4. The van der Waals surface area contributed by atoms with Crippen molar-refractivity contribution in [3.63, 3.8) is 0 Å². The van der Waals surface area contributed by atoms with Crippen LogP contribution in [-0.2, 0) is 12.8 Å². The molecule has 5 heteroatoms. The third-order valence-corrected chi connectivity index (χ3v) is 3.10. The number of halogens is 1. The van der Waals surface area contributed by atoms with Crippen LogP contribution in [0.5, 0.6) is 0 Å². The molecule has 16 heavy (non-hydrogen) atoms. The normalized spacial score (nSPS) is 14.8. The molecule has 0 saturated carbocycles. The number of imidazole rings is 1. The van der Waals surface area contributed by atoms with E-state index in [4.69, 9.17) is 11.6 Å². The quantitative estimate of drug-likeness (QED) is 0.711. The molecule has 4 nitrogen and oxygen atoms in total. The Morgan fingerprint density at radius 1 is 1.12 bits per heavy atom. The lowest BCUT2D eigenvalue weighted by atomic mass is 10.0.